The third-order valence-electron chi connectivity index (χ3n) is 4.08. The van der Waals surface area contributed by atoms with Crippen molar-refractivity contribution in [2.24, 2.45) is 0 Å². The summed E-state index contributed by atoms with van der Waals surface area (Å²) < 4.78 is 0. The zero-order chi connectivity index (χ0) is 16.2. The second kappa shape index (κ2) is 6.60. The summed E-state index contributed by atoms with van der Waals surface area (Å²) in [6.07, 6.45) is 3.70. The highest BCUT2D eigenvalue weighted by Gasteiger charge is 2.20. The lowest BCUT2D eigenvalue weighted by atomic mass is 9.98. The average molecular weight is 309 g/mol. The van der Waals surface area contributed by atoms with Crippen LogP contribution in [-0.4, -0.2) is 30.4 Å². The van der Waals surface area contributed by atoms with Gasteiger partial charge in [0, 0.05) is 31.9 Å². The van der Waals surface area contributed by atoms with Gasteiger partial charge in [0.1, 0.15) is 5.69 Å². The monoisotopic (exact) mass is 309 g/mol. The second-order valence-corrected chi connectivity index (χ2v) is 5.64. The first-order chi connectivity index (χ1) is 11.1. The van der Waals surface area contributed by atoms with E-state index in [9.17, 15) is 9.59 Å². The van der Waals surface area contributed by atoms with Gasteiger partial charge in [0.2, 0.25) is 5.91 Å². The van der Waals surface area contributed by atoms with Crippen LogP contribution in [0.4, 0.5) is 5.69 Å². The largest absolute Gasteiger partial charge is 0.350 e. The highest BCUT2D eigenvalue weighted by Crippen LogP contribution is 2.27. The van der Waals surface area contributed by atoms with Crippen molar-refractivity contribution in [3.63, 3.8) is 0 Å². The maximum Gasteiger partial charge on any atom is 0.269 e. The summed E-state index contributed by atoms with van der Waals surface area (Å²) in [4.78, 5) is 29.4. The van der Waals surface area contributed by atoms with Gasteiger partial charge < -0.3 is 10.2 Å². The van der Waals surface area contributed by atoms with E-state index >= 15 is 0 Å². The van der Waals surface area contributed by atoms with E-state index in [0.717, 1.165) is 24.1 Å². The maximum absolute atomic E-state index is 11.9. The molecular weight excluding hydrogens is 290 g/mol. The van der Waals surface area contributed by atoms with Crippen LogP contribution >= 0.6 is 0 Å². The number of anilines is 1. The predicted octanol–water partition coefficient (Wildman–Crippen LogP) is 1.96. The first-order valence-electron chi connectivity index (χ1n) is 7.73. The van der Waals surface area contributed by atoms with Crippen molar-refractivity contribution < 1.29 is 9.59 Å². The first-order valence-corrected chi connectivity index (χ1v) is 7.73. The predicted molar refractivity (Wildman–Crippen MR) is 88.4 cm³/mol. The number of rotatable bonds is 4. The lowest BCUT2D eigenvalue weighted by molar-refractivity contribution is -0.118. The number of aryl methyl sites for hydroxylation is 1. The minimum atomic E-state index is -0.158. The number of amides is 2. The molecule has 0 aliphatic carbocycles. The van der Waals surface area contributed by atoms with E-state index in [1.54, 1.807) is 29.3 Å². The molecular formula is C18H19N3O2. The Kier molecular flexibility index (Phi) is 4.37. The summed E-state index contributed by atoms with van der Waals surface area (Å²) in [6, 6.07) is 11.4. The molecule has 23 heavy (non-hydrogen) atoms. The quantitative estimate of drug-likeness (QED) is 0.939. The Morgan fingerprint density at radius 1 is 1.26 bits per heavy atom. The Morgan fingerprint density at radius 3 is 2.91 bits per heavy atom. The minimum Gasteiger partial charge on any atom is -0.350 e. The molecule has 2 heterocycles. The molecule has 1 aliphatic heterocycles. The zero-order valence-corrected chi connectivity index (χ0v) is 13.1. The molecule has 118 valence electrons. The molecule has 5 nitrogen and oxygen atoms in total. The average Bonchev–Trinajstić information content (AvgIpc) is 2.59. The summed E-state index contributed by atoms with van der Waals surface area (Å²) >= 11 is 0. The number of nitrogens with one attached hydrogen (secondary N) is 1. The topological polar surface area (TPSA) is 62.3 Å². The van der Waals surface area contributed by atoms with Crippen LogP contribution < -0.4 is 10.2 Å². The molecule has 0 saturated carbocycles. The van der Waals surface area contributed by atoms with E-state index in [1.165, 1.54) is 5.56 Å². The summed E-state index contributed by atoms with van der Waals surface area (Å²) in [6.45, 7) is 0.558. The molecule has 1 aliphatic rings. The van der Waals surface area contributed by atoms with Crippen LogP contribution in [0.25, 0.3) is 0 Å². The number of fused-ring (bicyclic) bond motifs is 1. The Bertz CT molecular complexity index is 728. The van der Waals surface area contributed by atoms with Gasteiger partial charge in [0.05, 0.1) is 0 Å². The smallest absolute Gasteiger partial charge is 0.269 e. The van der Waals surface area contributed by atoms with Crippen molar-refractivity contribution in [2.75, 3.05) is 18.5 Å². The van der Waals surface area contributed by atoms with Crippen LogP contribution in [0.2, 0.25) is 0 Å². The van der Waals surface area contributed by atoms with Gasteiger partial charge in [-0.3, -0.25) is 14.6 Å². The fraction of sp³-hybridized carbons (Fsp3) is 0.278. The Labute approximate surface area is 135 Å². The van der Waals surface area contributed by atoms with Gasteiger partial charge in [-0.2, -0.15) is 0 Å². The van der Waals surface area contributed by atoms with E-state index in [4.69, 9.17) is 0 Å². The molecule has 0 fully saturated rings. The summed E-state index contributed by atoms with van der Waals surface area (Å²) in [5.41, 5.74) is 3.77. The number of carbonyl (C=O) groups excluding carboxylic acids is 2. The molecule has 0 unspecified atom stereocenters. The molecule has 0 spiro atoms. The minimum absolute atomic E-state index is 0.158. The van der Waals surface area contributed by atoms with E-state index in [1.807, 2.05) is 19.2 Å². The number of aromatic nitrogens is 1. The molecule has 0 radical (unpaired) electrons. The van der Waals surface area contributed by atoms with E-state index in [2.05, 4.69) is 16.4 Å². The van der Waals surface area contributed by atoms with Crippen LogP contribution in [0.15, 0.2) is 42.6 Å². The highest BCUT2D eigenvalue weighted by molar-refractivity contribution is 5.95. The normalized spacial score (nSPS) is 13.6. The molecule has 3 rings (SSSR count). The van der Waals surface area contributed by atoms with Gasteiger partial charge in [0.25, 0.3) is 5.91 Å². The van der Waals surface area contributed by atoms with E-state index < -0.39 is 0 Å². The second-order valence-electron chi connectivity index (χ2n) is 5.64. The SMILES string of the molecule is CN1C(=O)CCc2cc(CCNC(=O)c3ccccn3)ccc21. The Hall–Kier alpha value is -2.69. The van der Waals surface area contributed by atoms with Crippen molar-refractivity contribution in [3.8, 4) is 0 Å². The van der Waals surface area contributed by atoms with Crippen molar-refractivity contribution in [3.05, 3.63) is 59.4 Å². The van der Waals surface area contributed by atoms with Gasteiger partial charge in [-0.15, -0.1) is 0 Å². The van der Waals surface area contributed by atoms with Gasteiger partial charge in [-0.05, 0) is 42.2 Å². The maximum atomic E-state index is 11.9. The number of hydrogen-bond acceptors (Lipinski definition) is 3. The fourth-order valence-electron chi connectivity index (χ4n) is 2.77. The standard InChI is InChI=1S/C18H19N3O2/c1-21-16-7-5-13(12-14(16)6-8-17(21)22)9-11-20-18(23)15-4-2-3-10-19-15/h2-5,7,10,12H,6,8-9,11H2,1H3,(H,20,23). The van der Waals surface area contributed by atoms with Crippen LogP contribution in [-0.2, 0) is 17.6 Å². The van der Waals surface area contributed by atoms with Crippen LogP contribution in [0, 0.1) is 0 Å². The highest BCUT2D eigenvalue weighted by atomic mass is 16.2. The van der Waals surface area contributed by atoms with Crippen molar-refractivity contribution in [2.45, 2.75) is 19.3 Å². The number of pyridine rings is 1. The molecule has 2 amide bonds. The number of carbonyl (C=O) groups is 2. The van der Waals surface area contributed by atoms with Crippen molar-refractivity contribution >= 4 is 17.5 Å². The molecule has 2 aromatic rings. The molecule has 1 aromatic heterocycles. The van der Waals surface area contributed by atoms with Crippen molar-refractivity contribution in [1.82, 2.24) is 10.3 Å². The van der Waals surface area contributed by atoms with Crippen LogP contribution in [0.1, 0.15) is 28.0 Å². The number of nitrogens with zero attached hydrogens (tertiary/aromatic N) is 2. The van der Waals surface area contributed by atoms with Gasteiger partial charge in [-0.1, -0.05) is 18.2 Å². The van der Waals surface area contributed by atoms with Gasteiger partial charge >= 0.3 is 0 Å². The summed E-state index contributed by atoms with van der Waals surface area (Å²) in [5.74, 6) is 0.00163. The third kappa shape index (κ3) is 3.39. The molecule has 0 bridgehead atoms. The Balaban J connectivity index is 1.59. The van der Waals surface area contributed by atoms with Crippen molar-refractivity contribution in [1.29, 1.82) is 0 Å². The zero-order valence-electron chi connectivity index (χ0n) is 13.1. The Morgan fingerprint density at radius 2 is 2.13 bits per heavy atom. The van der Waals surface area contributed by atoms with Gasteiger partial charge in [0.15, 0.2) is 0 Å². The lowest BCUT2D eigenvalue weighted by Crippen LogP contribution is -2.31. The first kappa shape index (κ1) is 15.2. The van der Waals surface area contributed by atoms with Gasteiger partial charge in [-0.25, -0.2) is 0 Å². The van der Waals surface area contributed by atoms with Crippen LogP contribution in [0.3, 0.4) is 0 Å². The molecule has 5 heteroatoms. The fourth-order valence-corrected chi connectivity index (χ4v) is 2.77. The number of hydrogen-bond donors (Lipinski definition) is 1. The lowest BCUT2D eigenvalue weighted by Gasteiger charge is -2.26. The molecule has 0 saturated heterocycles. The van der Waals surface area contributed by atoms with E-state index in [0.29, 0.717) is 18.7 Å². The third-order valence-corrected chi connectivity index (χ3v) is 4.08. The summed E-state index contributed by atoms with van der Waals surface area (Å²) in [5, 5.41) is 2.88. The molecule has 0 atom stereocenters. The number of benzene rings is 1. The molecule has 1 N–H and O–H groups in total. The van der Waals surface area contributed by atoms with E-state index in [-0.39, 0.29) is 11.8 Å². The summed E-state index contributed by atoms with van der Waals surface area (Å²) in [7, 11) is 1.81. The van der Waals surface area contributed by atoms with Crippen LogP contribution in [0.5, 0.6) is 0 Å². The molecule has 1 aromatic carbocycles.